The monoisotopic (exact) mass is 345 g/mol. The molecule has 1 aliphatic heterocycles. The van der Waals surface area contributed by atoms with Crippen LogP contribution in [0.1, 0.15) is 37.0 Å². The molecule has 0 spiro atoms. The summed E-state index contributed by atoms with van der Waals surface area (Å²) in [6, 6.07) is 6.57. The predicted molar refractivity (Wildman–Crippen MR) is 101 cm³/mol. The van der Waals surface area contributed by atoms with Crippen molar-refractivity contribution in [2.24, 2.45) is 0 Å². The molecule has 0 aromatic heterocycles. The third kappa shape index (κ3) is 6.16. The first-order valence-electron chi connectivity index (χ1n) is 9.21. The van der Waals surface area contributed by atoms with E-state index in [1.807, 2.05) is 18.7 Å². The van der Waals surface area contributed by atoms with Gasteiger partial charge in [-0.05, 0) is 45.2 Å². The third-order valence-corrected chi connectivity index (χ3v) is 4.65. The fourth-order valence-corrected chi connectivity index (χ4v) is 3.25. The van der Waals surface area contributed by atoms with E-state index >= 15 is 0 Å². The average Bonchev–Trinajstić information content (AvgIpc) is 2.53. The van der Waals surface area contributed by atoms with Crippen molar-refractivity contribution in [1.29, 1.82) is 0 Å². The van der Waals surface area contributed by atoms with E-state index in [-0.39, 0.29) is 17.9 Å². The fraction of sp³-hybridized carbons (Fsp3) is 0.600. The number of carbonyl (C=O) groups excluding carboxylic acids is 2. The Morgan fingerprint density at radius 1 is 1.12 bits per heavy atom. The van der Waals surface area contributed by atoms with Crippen molar-refractivity contribution in [3.8, 4) is 0 Å². The fourth-order valence-electron chi connectivity index (χ4n) is 3.25. The molecule has 0 saturated carbocycles. The Bertz CT molecular complexity index is 605. The maximum absolute atomic E-state index is 12.5. The van der Waals surface area contributed by atoms with Crippen molar-refractivity contribution >= 4 is 11.8 Å². The minimum absolute atomic E-state index is 0.0598. The van der Waals surface area contributed by atoms with Gasteiger partial charge in [-0.1, -0.05) is 23.8 Å². The van der Waals surface area contributed by atoms with Gasteiger partial charge in [0, 0.05) is 38.6 Å². The number of hydrogen-bond acceptors (Lipinski definition) is 3. The maximum atomic E-state index is 12.5. The summed E-state index contributed by atoms with van der Waals surface area (Å²) in [6.07, 6.45) is 1.35. The first-order valence-corrected chi connectivity index (χ1v) is 9.21. The van der Waals surface area contributed by atoms with Crippen LogP contribution >= 0.6 is 0 Å². The maximum Gasteiger partial charge on any atom is 0.234 e. The quantitative estimate of drug-likeness (QED) is 0.857. The van der Waals surface area contributed by atoms with Crippen molar-refractivity contribution in [3.05, 3.63) is 34.9 Å². The molecule has 25 heavy (non-hydrogen) atoms. The molecule has 1 fully saturated rings. The van der Waals surface area contributed by atoms with Crippen molar-refractivity contribution in [1.82, 2.24) is 15.1 Å². The van der Waals surface area contributed by atoms with Crippen LogP contribution in [-0.2, 0) is 16.0 Å². The van der Waals surface area contributed by atoms with Crippen molar-refractivity contribution in [2.45, 2.75) is 46.6 Å². The molecule has 1 aromatic carbocycles. The molecular formula is C20H31N3O2. The first-order chi connectivity index (χ1) is 11.8. The van der Waals surface area contributed by atoms with E-state index in [9.17, 15) is 9.59 Å². The lowest BCUT2D eigenvalue weighted by Gasteiger charge is -2.34. The summed E-state index contributed by atoms with van der Waals surface area (Å²) in [6.45, 7) is 11.5. The summed E-state index contributed by atoms with van der Waals surface area (Å²) in [5.74, 6) is 0.274. The zero-order chi connectivity index (χ0) is 18.4. The lowest BCUT2D eigenvalue weighted by molar-refractivity contribution is -0.133. The lowest BCUT2D eigenvalue weighted by Crippen LogP contribution is -2.51. The van der Waals surface area contributed by atoms with Gasteiger partial charge in [-0.3, -0.25) is 14.5 Å². The molecule has 1 N–H and O–H groups in total. The van der Waals surface area contributed by atoms with Gasteiger partial charge in [0.05, 0.1) is 6.54 Å². The minimum Gasteiger partial charge on any atom is -0.353 e. The number of carbonyl (C=O) groups is 2. The molecule has 1 aliphatic rings. The number of hydrogen-bond donors (Lipinski definition) is 1. The standard InChI is InChI=1S/C20H31N3O2/c1-15(2)21-19(24)14-22-9-11-23(12-10-22)20(25)8-7-18-6-5-16(3)13-17(18)4/h5-6,13,15H,7-12,14H2,1-4H3,(H,21,24). The Morgan fingerprint density at radius 3 is 2.40 bits per heavy atom. The number of piperazine rings is 1. The topological polar surface area (TPSA) is 52.7 Å². The number of benzene rings is 1. The van der Waals surface area contributed by atoms with Gasteiger partial charge in [0.15, 0.2) is 0 Å². The van der Waals surface area contributed by atoms with Crippen LogP contribution in [0.25, 0.3) is 0 Å². The van der Waals surface area contributed by atoms with Gasteiger partial charge < -0.3 is 10.2 Å². The molecule has 5 heteroatoms. The van der Waals surface area contributed by atoms with E-state index in [1.54, 1.807) is 0 Å². The third-order valence-electron chi connectivity index (χ3n) is 4.65. The molecule has 0 unspecified atom stereocenters. The van der Waals surface area contributed by atoms with Crippen LogP contribution in [0.3, 0.4) is 0 Å². The van der Waals surface area contributed by atoms with Crippen LogP contribution in [0.5, 0.6) is 0 Å². The summed E-state index contributed by atoms with van der Waals surface area (Å²) in [4.78, 5) is 28.3. The molecular weight excluding hydrogens is 314 g/mol. The van der Waals surface area contributed by atoms with E-state index in [4.69, 9.17) is 0 Å². The molecule has 0 radical (unpaired) electrons. The number of nitrogens with zero attached hydrogens (tertiary/aromatic N) is 2. The Hall–Kier alpha value is -1.88. The van der Waals surface area contributed by atoms with E-state index < -0.39 is 0 Å². The Labute approximate surface area is 151 Å². The van der Waals surface area contributed by atoms with Gasteiger partial charge in [-0.2, -0.15) is 0 Å². The highest BCUT2D eigenvalue weighted by molar-refractivity contribution is 5.78. The molecule has 0 atom stereocenters. The zero-order valence-electron chi connectivity index (χ0n) is 16.0. The molecule has 2 rings (SSSR count). The Morgan fingerprint density at radius 2 is 1.80 bits per heavy atom. The summed E-state index contributed by atoms with van der Waals surface area (Å²) >= 11 is 0. The van der Waals surface area contributed by atoms with Crippen LogP contribution in [0.4, 0.5) is 0 Å². The molecule has 0 aliphatic carbocycles. The molecule has 5 nitrogen and oxygen atoms in total. The second-order valence-electron chi connectivity index (χ2n) is 7.31. The van der Waals surface area contributed by atoms with Crippen molar-refractivity contribution in [3.63, 3.8) is 0 Å². The Kier molecular flexibility index (Phi) is 7.00. The zero-order valence-corrected chi connectivity index (χ0v) is 16.0. The van der Waals surface area contributed by atoms with Crippen LogP contribution in [0, 0.1) is 13.8 Å². The normalized spacial score (nSPS) is 15.5. The largest absolute Gasteiger partial charge is 0.353 e. The SMILES string of the molecule is Cc1ccc(CCC(=O)N2CCN(CC(=O)NC(C)C)CC2)c(C)c1. The number of nitrogens with one attached hydrogen (secondary N) is 1. The summed E-state index contributed by atoms with van der Waals surface area (Å²) in [5.41, 5.74) is 3.77. The Balaban J connectivity index is 1.74. The van der Waals surface area contributed by atoms with E-state index in [2.05, 4.69) is 42.3 Å². The molecule has 138 valence electrons. The number of rotatable bonds is 6. The molecule has 1 heterocycles. The smallest absolute Gasteiger partial charge is 0.234 e. The van der Waals surface area contributed by atoms with Gasteiger partial charge in [-0.25, -0.2) is 0 Å². The van der Waals surface area contributed by atoms with Crippen molar-refractivity contribution in [2.75, 3.05) is 32.7 Å². The molecule has 0 bridgehead atoms. The summed E-state index contributed by atoms with van der Waals surface area (Å²) in [5, 5.41) is 2.91. The second kappa shape index (κ2) is 8.99. The molecule has 2 amide bonds. The minimum atomic E-state index is 0.0598. The van der Waals surface area contributed by atoms with Gasteiger partial charge in [-0.15, -0.1) is 0 Å². The van der Waals surface area contributed by atoms with Gasteiger partial charge in [0.1, 0.15) is 0 Å². The summed E-state index contributed by atoms with van der Waals surface area (Å²) in [7, 11) is 0. The molecule has 1 saturated heterocycles. The predicted octanol–water partition coefficient (Wildman–Crippen LogP) is 1.90. The molecule has 1 aromatic rings. The van der Waals surface area contributed by atoms with Crippen LogP contribution in [0.2, 0.25) is 0 Å². The first kappa shape index (κ1) is 19.4. The number of amides is 2. The lowest BCUT2D eigenvalue weighted by atomic mass is 10.0. The van der Waals surface area contributed by atoms with Gasteiger partial charge >= 0.3 is 0 Å². The highest BCUT2D eigenvalue weighted by atomic mass is 16.2. The van der Waals surface area contributed by atoms with Crippen LogP contribution in [-0.4, -0.2) is 60.4 Å². The van der Waals surface area contributed by atoms with E-state index in [0.717, 1.165) is 19.5 Å². The van der Waals surface area contributed by atoms with Gasteiger partial charge in [0.25, 0.3) is 0 Å². The highest BCUT2D eigenvalue weighted by Crippen LogP contribution is 2.14. The second-order valence-corrected chi connectivity index (χ2v) is 7.31. The highest BCUT2D eigenvalue weighted by Gasteiger charge is 2.22. The van der Waals surface area contributed by atoms with Crippen LogP contribution in [0.15, 0.2) is 18.2 Å². The van der Waals surface area contributed by atoms with E-state index in [1.165, 1.54) is 16.7 Å². The average molecular weight is 345 g/mol. The number of aryl methyl sites for hydroxylation is 3. The summed E-state index contributed by atoms with van der Waals surface area (Å²) < 4.78 is 0. The van der Waals surface area contributed by atoms with Crippen molar-refractivity contribution < 1.29 is 9.59 Å². The van der Waals surface area contributed by atoms with Crippen LogP contribution < -0.4 is 5.32 Å². The van der Waals surface area contributed by atoms with E-state index in [0.29, 0.717) is 26.1 Å². The van der Waals surface area contributed by atoms with Gasteiger partial charge in [0.2, 0.25) is 11.8 Å².